The Labute approximate surface area is 472 Å². The first-order valence-corrected chi connectivity index (χ1v) is 59.5. The summed E-state index contributed by atoms with van der Waals surface area (Å²) in [5, 5.41) is 0. The van der Waals surface area contributed by atoms with Crippen molar-refractivity contribution in [3.05, 3.63) is 0 Å². The van der Waals surface area contributed by atoms with Crippen LogP contribution in [0.1, 0.15) is 169 Å². The van der Waals surface area contributed by atoms with Crippen LogP contribution < -0.4 is 0 Å². The average Bonchev–Trinajstić information content (AvgIpc) is 3.28. The monoisotopic (exact) mass is 1240 g/mol. The van der Waals surface area contributed by atoms with Crippen molar-refractivity contribution in [3.8, 4) is 0 Å². The van der Waals surface area contributed by atoms with Crippen molar-refractivity contribution < 1.29 is 37.9 Å². The third kappa shape index (κ3) is 34.8. The van der Waals surface area contributed by atoms with E-state index in [9.17, 15) is 0 Å². The van der Waals surface area contributed by atoms with Gasteiger partial charge in [0.05, 0.1) is 0 Å². The molecule has 0 spiro atoms. The minimum atomic E-state index is -1.85. The van der Waals surface area contributed by atoms with Gasteiger partial charge in [0.1, 0.15) is 0 Å². The normalized spacial score (nSPS) is 13.7. The predicted octanol–water partition coefficient (Wildman–Crippen LogP) is 24.1. The van der Waals surface area contributed by atoms with Crippen LogP contribution in [0.25, 0.3) is 0 Å². The van der Waals surface area contributed by atoms with Gasteiger partial charge in [0.15, 0.2) is 33.3 Å². The van der Waals surface area contributed by atoms with E-state index in [0.717, 1.165) is 54.4 Å². The second kappa shape index (κ2) is 41.0. The van der Waals surface area contributed by atoms with Crippen LogP contribution in [0, 0.1) is 0 Å². The molecule has 0 bridgehead atoms. The molecule has 0 saturated heterocycles. The van der Waals surface area contributed by atoms with Crippen LogP contribution in [0.2, 0.25) is 168 Å². The van der Waals surface area contributed by atoms with Crippen molar-refractivity contribution >= 4 is 101 Å². The van der Waals surface area contributed by atoms with Gasteiger partial charge < -0.3 is 37.9 Å². The van der Waals surface area contributed by atoms with E-state index in [1.165, 1.54) is 99.7 Å². The van der Waals surface area contributed by atoms with Crippen molar-refractivity contribution in [3.63, 3.8) is 0 Å². The van der Waals surface area contributed by atoms with Crippen LogP contribution in [0.3, 0.4) is 0 Å². The molecule has 0 fully saturated rings. The van der Waals surface area contributed by atoms with Crippen molar-refractivity contribution in [2.45, 2.75) is 337 Å². The Balaban J connectivity index is -0.00000106. The molecule has 9 nitrogen and oxygen atoms in total. The second-order valence-electron chi connectivity index (χ2n) is 24.4. The van der Waals surface area contributed by atoms with E-state index in [4.69, 9.17) is 37.9 Å². The molecule has 0 amide bonds. The highest BCUT2D eigenvalue weighted by Gasteiger charge is 2.46. The summed E-state index contributed by atoms with van der Waals surface area (Å²) in [6, 6.07) is 20.4. The van der Waals surface area contributed by atoms with Gasteiger partial charge in [-0.25, -0.2) is 0 Å². The molecule has 73 heavy (non-hydrogen) atoms. The van der Waals surface area contributed by atoms with Crippen molar-refractivity contribution in [1.29, 1.82) is 0 Å². The maximum Gasteiger partial charge on any atom is 0.300 e. The summed E-state index contributed by atoms with van der Waals surface area (Å²) in [6.07, 6.45) is 9.71. The topological polar surface area (TPSA) is 83.1 Å². The van der Waals surface area contributed by atoms with Gasteiger partial charge >= 0.3 is 0 Å². The first kappa shape index (κ1) is 80.1. The van der Waals surface area contributed by atoms with E-state index in [1.807, 2.05) is 0 Å². The molecule has 0 aliphatic carbocycles. The average molecular weight is 1250 g/mol. The molecule has 0 aliphatic heterocycles. The molecule has 21 heteroatoms. The molecular weight excluding hydrogens is 1110 g/mol. The maximum atomic E-state index is 7.27. The van der Waals surface area contributed by atoms with E-state index in [2.05, 4.69) is 183 Å². The zero-order valence-electron chi connectivity index (χ0n) is 54.2. The van der Waals surface area contributed by atoms with E-state index >= 15 is 0 Å². The summed E-state index contributed by atoms with van der Waals surface area (Å²) in [5.41, 5.74) is 0. The van der Waals surface area contributed by atoms with Crippen molar-refractivity contribution in [2.24, 2.45) is 0 Å². The van der Waals surface area contributed by atoms with Gasteiger partial charge in [-0.05, 0) is 168 Å². The number of rotatable bonds is 43. The first-order chi connectivity index (χ1) is 33.9. The SMILES string of the molecule is CCC[Si](C)(CCC)OP(O[Si](CCC)(CCC)CCC)O[Si](CCC)(CCC)CCC.CC[Si](CC)(CC)OP(O[Si](CC)(CC)CC)O[Si](CC)(CC)CC.C[Si](C)(C)OP(O[Si](C)(C)C)O[Si](C)(C)C. The molecule has 0 N–H and O–H groups in total. The van der Waals surface area contributed by atoms with Gasteiger partial charge in [-0.2, -0.15) is 0 Å². The lowest BCUT2D eigenvalue weighted by Crippen LogP contribution is -2.42. The van der Waals surface area contributed by atoms with Crippen molar-refractivity contribution in [2.75, 3.05) is 0 Å². The maximum absolute atomic E-state index is 7.27. The lowest BCUT2D eigenvalue weighted by atomic mass is 10.6. The molecule has 0 atom stereocenters. The van der Waals surface area contributed by atoms with Crippen LogP contribution in [-0.4, -0.2) is 74.9 Å². The Kier molecular flexibility index (Phi) is 45.0. The molecule has 0 aromatic carbocycles. The van der Waals surface area contributed by atoms with Crippen LogP contribution in [0.15, 0.2) is 0 Å². The molecule has 0 saturated carbocycles. The lowest BCUT2D eigenvalue weighted by Gasteiger charge is -2.41. The van der Waals surface area contributed by atoms with E-state index in [-0.39, 0.29) is 0 Å². The molecule has 0 unspecified atom stereocenters. The summed E-state index contributed by atoms with van der Waals surface area (Å²) in [7, 11) is -19.1. The minimum Gasteiger partial charge on any atom is -0.356 e. The van der Waals surface area contributed by atoms with Gasteiger partial charge in [-0.15, -0.1) is 0 Å². The highest BCUT2D eigenvalue weighted by atomic mass is 31.2. The minimum absolute atomic E-state index is 1.14. The summed E-state index contributed by atoms with van der Waals surface area (Å²) in [5.74, 6) is 0. The Morgan fingerprint density at radius 3 is 0.534 bits per heavy atom. The van der Waals surface area contributed by atoms with Crippen LogP contribution in [0.4, 0.5) is 0 Å². The smallest absolute Gasteiger partial charge is 0.300 e. The van der Waals surface area contributed by atoms with Gasteiger partial charge in [-0.1, -0.05) is 169 Å². The van der Waals surface area contributed by atoms with Gasteiger partial charge in [0, 0.05) is 0 Å². The van der Waals surface area contributed by atoms with Crippen LogP contribution in [0.5, 0.6) is 0 Å². The molecule has 0 heterocycles. The van der Waals surface area contributed by atoms with E-state index < -0.39 is 101 Å². The number of hydrogen-bond acceptors (Lipinski definition) is 9. The molecule has 0 rings (SSSR count). The van der Waals surface area contributed by atoms with E-state index in [1.54, 1.807) is 0 Å². The van der Waals surface area contributed by atoms with Gasteiger partial charge in [0.25, 0.3) is 25.8 Å². The van der Waals surface area contributed by atoms with Crippen molar-refractivity contribution in [1.82, 2.24) is 0 Å². The lowest BCUT2D eigenvalue weighted by molar-refractivity contribution is 0.360. The standard InChI is InChI=1S/C25H59O3PSi3.C18H45O3PSi3.C9H27O3PSi3/c1-10-18-30(9,19-11-2)26-29(27-31(20-12-3,21-13-4)22-14-5)28-32(23-15-6,24-16-7)25-17-8;1-10-23(11-2,12-3)19-22(20-24(13-4,14-5)15-6)21-25(16-7,17-8)18-9;1-14(2,3)10-13(11-15(4,5)6)12-16(7,8)9/h10-25H2,1-9H3;10-18H2,1-9H3;1-9H3. The van der Waals surface area contributed by atoms with Crippen LogP contribution >= 0.6 is 25.8 Å². The fraction of sp³-hybridized carbons (Fsp3) is 1.00. The molecule has 0 radical (unpaired) electrons. The molecule has 0 aromatic rings. The highest BCUT2D eigenvalue weighted by Crippen LogP contribution is 2.56. The van der Waals surface area contributed by atoms with Crippen LogP contribution in [-0.2, 0) is 37.9 Å². The van der Waals surface area contributed by atoms with Gasteiger partial charge in [-0.3, -0.25) is 0 Å². The Morgan fingerprint density at radius 1 is 0.205 bits per heavy atom. The third-order valence-electron chi connectivity index (χ3n) is 14.3. The molecule has 444 valence electrons. The predicted molar refractivity (Wildman–Crippen MR) is 356 cm³/mol. The Hall–Kier alpha value is 2.88. The Morgan fingerprint density at radius 2 is 0.370 bits per heavy atom. The zero-order chi connectivity index (χ0) is 57.3. The fourth-order valence-electron chi connectivity index (χ4n) is 9.67. The molecule has 0 aromatic heterocycles. The third-order valence-corrected chi connectivity index (χ3v) is 58.9. The first-order valence-electron chi connectivity index (χ1n) is 30.5. The van der Waals surface area contributed by atoms with E-state index in [0.29, 0.717) is 0 Å². The largest absolute Gasteiger partial charge is 0.356 e. The van der Waals surface area contributed by atoms with Gasteiger partial charge in [0.2, 0.25) is 41.6 Å². The molecule has 0 aliphatic rings. The molecular formula is C52H131O9P3Si9. The quantitative estimate of drug-likeness (QED) is 0.0438. The number of hydrogen-bond donors (Lipinski definition) is 0. The fourth-order valence-corrected chi connectivity index (χ4v) is 48.6. The summed E-state index contributed by atoms with van der Waals surface area (Å²) >= 11 is 0. The summed E-state index contributed by atoms with van der Waals surface area (Å²) in [6.45, 7) is 61.2. The zero-order valence-corrected chi connectivity index (χ0v) is 65.9. The second-order valence-corrected chi connectivity index (χ2v) is 70.1. The highest BCUT2D eigenvalue weighted by molar-refractivity contribution is 7.48. The summed E-state index contributed by atoms with van der Waals surface area (Å²) < 4.78 is 60.2. The Bertz CT molecular complexity index is 1140. The summed E-state index contributed by atoms with van der Waals surface area (Å²) in [4.78, 5) is 0.